The fourth-order valence-corrected chi connectivity index (χ4v) is 2.11. The number of benzene rings is 2. The lowest BCUT2D eigenvalue weighted by molar-refractivity contribution is 0.515. The van der Waals surface area contributed by atoms with Gasteiger partial charge in [-0.2, -0.15) is 0 Å². The highest BCUT2D eigenvalue weighted by molar-refractivity contribution is 5.81. The van der Waals surface area contributed by atoms with E-state index in [0.29, 0.717) is 0 Å². The second-order valence-electron chi connectivity index (χ2n) is 4.41. The van der Waals surface area contributed by atoms with Crippen molar-refractivity contribution in [1.29, 1.82) is 0 Å². The Labute approximate surface area is 111 Å². The van der Waals surface area contributed by atoms with Gasteiger partial charge in [-0.15, -0.1) is 0 Å². The summed E-state index contributed by atoms with van der Waals surface area (Å²) in [5.41, 5.74) is 2.77. The van der Waals surface area contributed by atoms with E-state index in [4.69, 9.17) is 0 Å². The molecule has 1 N–H and O–H groups in total. The number of nitrogens with zero attached hydrogens (tertiary/aromatic N) is 2. The van der Waals surface area contributed by atoms with Crippen LogP contribution in [0.2, 0.25) is 0 Å². The van der Waals surface area contributed by atoms with Gasteiger partial charge in [0.1, 0.15) is 11.6 Å². The standard InChI is InChI=1S/C16H14N2O/c1-18-14-10-6-5-9-13(14)17-16(18)11-15(19)12-7-3-2-4-8-12/h2-11,19H,1H3. The summed E-state index contributed by atoms with van der Waals surface area (Å²) in [6.07, 6.45) is 1.69. The first-order chi connectivity index (χ1) is 9.25. The smallest absolute Gasteiger partial charge is 0.137 e. The average Bonchev–Trinajstić information content (AvgIpc) is 2.77. The molecule has 1 heterocycles. The van der Waals surface area contributed by atoms with Gasteiger partial charge in [0.2, 0.25) is 0 Å². The molecule has 1 aromatic heterocycles. The monoisotopic (exact) mass is 250 g/mol. The summed E-state index contributed by atoms with van der Waals surface area (Å²) in [5.74, 6) is 0.960. The van der Waals surface area contributed by atoms with Crippen LogP contribution < -0.4 is 0 Å². The van der Waals surface area contributed by atoms with Crippen LogP contribution in [0.25, 0.3) is 22.9 Å². The lowest BCUT2D eigenvalue weighted by Crippen LogP contribution is -1.92. The first kappa shape index (κ1) is 11.5. The molecule has 2 aromatic carbocycles. The van der Waals surface area contributed by atoms with E-state index >= 15 is 0 Å². The zero-order chi connectivity index (χ0) is 13.2. The highest BCUT2D eigenvalue weighted by Crippen LogP contribution is 2.19. The molecular formula is C16H14N2O. The summed E-state index contributed by atoms with van der Waals surface area (Å²) in [4.78, 5) is 4.50. The van der Waals surface area contributed by atoms with E-state index in [1.807, 2.05) is 66.2 Å². The quantitative estimate of drug-likeness (QED) is 0.705. The van der Waals surface area contributed by atoms with Gasteiger partial charge in [-0.3, -0.25) is 0 Å². The van der Waals surface area contributed by atoms with Crippen LogP contribution >= 0.6 is 0 Å². The third-order valence-corrected chi connectivity index (χ3v) is 3.16. The second kappa shape index (κ2) is 4.61. The minimum Gasteiger partial charge on any atom is -0.507 e. The fourth-order valence-electron chi connectivity index (χ4n) is 2.11. The molecular weight excluding hydrogens is 236 g/mol. The van der Waals surface area contributed by atoms with Crippen molar-refractivity contribution in [2.24, 2.45) is 7.05 Å². The Morgan fingerprint density at radius 2 is 1.74 bits per heavy atom. The summed E-state index contributed by atoms with van der Waals surface area (Å²) in [6, 6.07) is 17.4. The van der Waals surface area contributed by atoms with E-state index in [0.717, 1.165) is 22.4 Å². The van der Waals surface area contributed by atoms with Gasteiger partial charge in [0, 0.05) is 18.7 Å². The van der Waals surface area contributed by atoms with Crippen LogP contribution in [0.15, 0.2) is 54.6 Å². The van der Waals surface area contributed by atoms with Crippen LogP contribution in [0, 0.1) is 0 Å². The van der Waals surface area contributed by atoms with Gasteiger partial charge in [-0.1, -0.05) is 42.5 Å². The Morgan fingerprint density at radius 3 is 2.47 bits per heavy atom. The highest BCUT2D eigenvalue weighted by Gasteiger charge is 2.06. The van der Waals surface area contributed by atoms with Crippen LogP contribution in [0.5, 0.6) is 0 Å². The number of hydrogen-bond acceptors (Lipinski definition) is 2. The minimum absolute atomic E-state index is 0.221. The predicted octanol–water partition coefficient (Wildman–Crippen LogP) is 3.63. The summed E-state index contributed by atoms with van der Waals surface area (Å²) in [6.45, 7) is 0. The van der Waals surface area contributed by atoms with E-state index in [2.05, 4.69) is 4.98 Å². The second-order valence-corrected chi connectivity index (χ2v) is 4.41. The molecule has 0 unspecified atom stereocenters. The third-order valence-electron chi connectivity index (χ3n) is 3.16. The van der Waals surface area contributed by atoms with Crippen LogP contribution in [0.1, 0.15) is 11.4 Å². The lowest BCUT2D eigenvalue weighted by Gasteiger charge is -2.00. The van der Waals surface area contributed by atoms with Gasteiger partial charge in [-0.25, -0.2) is 4.98 Å². The number of imidazole rings is 1. The van der Waals surface area contributed by atoms with E-state index < -0.39 is 0 Å². The number of para-hydroxylation sites is 2. The van der Waals surface area contributed by atoms with E-state index in [1.165, 1.54) is 0 Å². The van der Waals surface area contributed by atoms with Gasteiger partial charge >= 0.3 is 0 Å². The van der Waals surface area contributed by atoms with Crippen molar-refractivity contribution in [1.82, 2.24) is 9.55 Å². The summed E-state index contributed by atoms with van der Waals surface area (Å²) in [7, 11) is 1.94. The van der Waals surface area contributed by atoms with Crippen molar-refractivity contribution in [3.05, 3.63) is 66.0 Å². The highest BCUT2D eigenvalue weighted by atomic mass is 16.3. The molecule has 0 saturated heterocycles. The van der Waals surface area contributed by atoms with Gasteiger partial charge in [0.15, 0.2) is 0 Å². The van der Waals surface area contributed by atoms with Gasteiger partial charge in [-0.05, 0) is 12.1 Å². The van der Waals surface area contributed by atoms with Gasteiger partial charge in [0.05, 0.1) is 11.0 Å². The van der Waals surface area contributed by atoms with Gasteiger partial charge < -0.3 is 9.67 Å². The molecule has 0 atom stereocenters. The number of aryl methyl sites for hydroxylation is 1. The first-order valence-corrected chi connectivity index (χ1v) is 6.13. The number of aromatic nitrogens is 2. The van der Waals surface area contributed by atoms with Crippen LogP contribution in [0.3, 0.4) is 0 Å². The number of hydrogen-bond donors (Lipinski definition) is 1. The molecule has 0 fully saturated rings. The van der Waals surface area contributed by atoms with Crippen LogP contribution in [-0.2, 0) is 7.05 Å². The maximum atomic E-state index is 10.1. The number of aliphatic hydroxyl groups is 1. The zero-order valence-electron chi connectivity index (χ0n) is 10.6. The third kappa shape index (κ3) is 2.10. The van der Waals surface area contributed by atoms with Crippen molar-refractivity contribution in [2.45, 2.75) is 0 Å². The Bertz CT molecular complexity index is 742. The lowest BCUT2D eigenvalue weighted by atomic mass is 10.2. The summed E-state index contributed by atoms with van der Waals surface area (Å²) in [5, 5.41) is 10.1. The maximum Gasteiger partial charge on any atom is 0.137 e. The molecule has 94 valence electrons. The van der Waals surface area contributed by atoms with Crippen LogP contribution in [-0.4, -0.2) is 14.7 Å². The molecule has 0 bridgehead atoms. The molecule has 3 rings (SSSR count). The summed E-state index contributed by atoms with van der Waals surface area (Å²) < 4.78 is 1.97. The topological polar surface area (TPSA) is 38.0 Å². The maximum absolute atomic E-state index is 10.1. The molecule has 0 spiro atoms. The first-order valence-electron chi connectivity index (χ1n) is 6.13. The molecule has 3 heteroatoms. The van der Waals surface area contributed by atoms with Crippen molar-refractivity contribution in [3.63, 3.8) is 0 Å². The molecule has 0 saturated carbocycles. The van der Waals surface area contributed by atoms with E-state index in [1.54, 1.807) is 6.08 Å². The average molecular weight is 250 g/mol. The number of rotatable bonds is 2. The molecule has 0 aliphatic carbocycles. The van der Waals surface area contributed by atoms with E-state index in [-0.39, 0.29) is 5.76 Å². The largest absolute Gasteiger partial charge is 0.507 e. The zero-order valence-corrected chi connectivity index (χ0v) is 10.6. The SMILES string of the molecule is Cn1c(C=C(O)c2ccccc2)nc2ccccc21. The molecule has 0 radical (unpaired) electrons. The molecule has 0 aliphatic rings. The Balaban J connectivity index is 2.08. The molecule has 19 heavy (non-hydrogen) atoms. The normalized spacial score (nSPS) is 11.9. The molecule has 0 aliphatic heterocycles. The fraction of sp³-hybridized carbons (Fsp3) is 0.0625. The Kier molecular flexibility index (Phi) is 2.80. The number of fused-ring (bicyclic) bond motifs is 1. The molecule has 3 nitrogen and oxygen atoms in total. The van der Waals surface area contributed by atoms with E-state index in [9.17, 15) is 5.11 Å². The van der Waals surface area contributed by atoms with Crippen LogP contribution in [0.4, 0.5) is 0 Å². The summed E-state index contributed by atoms with van der Waals surface area (Å²) >= 11 is 0. The van der Waals surface area contributed by atoms with Crippen molar-refractivity contribution < 1.29 is 5.11 Å². The minimum atomic E-state index is 0.221. The van der Waals surface area contributed by atoms with Gasteiger partial charge in [0.25, 0.3) is 0 Å². The molecule has 0 amide bonds. The van der Waals surface area contributed by atoms with Crippen molar-refractivity contribution in [3.8, 4) is 0 Å². The van der Waals surface area contributed by atoms with Crippen molar-refractivity contribution >= 4 is 22.9 Å². The van der Waals surface area contributed by atoms with Crippen molar-refractivity contribution in [2.75, 3.05) is 0 Å². The number of aliphatic hydroxyl groups excluding tert-OH is 1. The predicted molar refractivity (Wildman–Crippen MR) is 77.7 cm³/mol. The molecule has 3 aromatic rings. The Morgan fingerprint density at radius 1 is 1.05 bits per heavy atom. The Hall–Kier alpha value is -2.55.